The van der Waals surface area contributed by atoms with Crippen molar-refractivity contribution in [1.82, 2.24) is 10.4 Å². The molecule has 0 aliphatic carbocycles. The number of rotatable bonds is 8. The molecule has 20 heavy (non-hydrogen) atoms. The first-order valence-corrected chi connectivity index (χ1v) is 7.66. The first-order valence-electron chi connectivity index (χ1n) is 7.66. The fourth-order valence-electron chi connectivity index (χ4n) is 2.17. The Morgan fingerprint density at radius 3 is 2.60 bits per heavy atom. The molecule has 0 spiro atoms. The van der Waals surface area contributed by atoms with Gasteiger partial charge in [0.25, 0.3) is 0 Å². The van der Waals surface area contributed by atoms with Crippen molar-refractivity contribution in [3.8, 4) is 5.75 Å². The molecule has 0 unspecified atom stereocenters. The highest BCUT2D eigenvalue weighted by molar-refractivity contribution is 5.27. The minimum absolute atomic E-state index is 0.817. The molecule has 4 nitrogen and oxygen atoms in total. The minimum Gasteiger partial charge on any atom is -0.494 e. The quantitative estimate of drug-likeness (QED) is 0.741. The normalized spacial score (nSPS) is 16.2. The Kier molecular flexibility index (Phi) is 6.84. The van der Waals surface area contributed by atoms with Crippen LogP contribution in [-0.2, 0) is 11.3 Å². The second-order valence-corrected chi connectivity index (χ2v) is 5.13. The summed E-state index contributed by atoms with van der Waals surface area (Å²) in [6.07, 6.45) is 3.61. The Morgan fingerprint density at radius 2 is 1.90 bits per heavy atom. The van der Waals surface area contributed by atoms with Crippen LogP contribution in [0.5, 0.6) is 5.75 Å². The second kappa shape index (κ2) is 8.95. The molecular weight excluding hydrogens is 252 g/mol. The van der Waals surface area contributed by atoms with Crippen LogP contribution in [0.25, 0.3) is 0 Å². The Labute approximate surface area is 122 Å². The highest BCUT2D eigenvalue weighted by atomic mass is 16.5. The van der Waals surface area contributed by atoms with Crippen LogP contribution >= 0.6 is 0 Å². The lowest BCUT2D eigenvalue weighted by Gasteiger charge is -2.27. The standard InChI is InChI=1S/C16H26N2O2/c1-2-3-4-11-20-16-7-5-15(6-8-16)14-17-18-9-12-19-13-10-18/h5-8,17H,2-4,9-14H2,1H3. The van der Waals surface area contributed by atoms with Crippen LogP contribution in [0.3, 0.4) is 0 Å². The Balaban J connectivity index is 1.68. The van der Waals surface area contributed by atoms with Crippen molar-refractivity contribution in [2.75, 3.05) is 32.9 Å². The average molecular weight is 278 g/mol. The van der Waals surface area contributed by atoms with E-state index in [2.05, 4.69) is 41.6 Å². The summed E-state index contributed by atoms with van der Waals surface area (Å²) in [5.74, 6) is 0.969. The fourth-order valence-corrected chi connectivity index (χ4v) is 2.17. The number of ether oxygens (including phenoxy) is 2. The van der Waals surface area contributed by atoms with E-state index in [0.717, 1.165) is 51.6 Å². The van der Waals surface area contributed by atoms with Crippen LogP contribution in [-0.4, -0.2) is 37.9 Å². The molecule has 0 aromatic heterocycles. The summed E-state index contributed by atoms with van der Waals surface area (Å²) in [4.78, 5) is 0. The van der Waals surface area contributed by atoms with E-state index < -0.39 is 0 Å². The van der Waals surface area contributed by atoms with E-state index >= 15 is 0 Å². The van der Waals surface area contributed by atoms with Gasteiger partial charge in [0.15, 0.2) is 0 Å². The third kappa shape index (κ3) is 5.49. The van der Waals surface area contributed by atoms with Crippen LogP contribution in [0.1, 0.15) is 31.7 Å². The predicted octanol–water partition coefficient (Wildman–Crippen LogP) is 2.59. The van der Waals surface area contributed by atoms with Gasteiger partial charge >= 0.3 is 0 Å². The smallest absolute Gasteiger partial charge is 0.119 e. The summed E-state index contributed by atoms with van der Waals surface area (Å²) < 4.78 is 11.0. The number of nitrogens with zero attached hydrogens (tertiary/aromatic N) is 1. The number of morpholine rings is 1. The van der Waals surface area contributed by atoms with Gasteiger partial charge in [-0.05, 0) is 24.1 Å². The number of hydrogen-bond acceptors (Lipinski definition) is 4. The lowest BCUT2D eigenvalue weighted by molar-refractivity contribution is 0.0106. The number of benzene rings is 1. The van der Waals surface area contributed by atoms with Gasteiger partial charge in [-0.2, -0.15) is 0 Å². The van der Waals surface area contributed by atoms with Crippen molar-refractivity contribution < 1.29 is 9.47 Å². The van der Waals surface area contributed by atoms with E-state index in [0.29, 0.717) is 0 Å². The molecule has 0 amide bonds. The van der Waals surface area contributed by atoms with E-state index in [4.69, 9.17) is 9.47 Å². The van der Waals surface area contributed by atoms with Crippen molar-refractivity contribution in [1.29, 1.82) is 0 Å². The summed E-state index contributed by atoms with van der Waals surface area (Å²) in [7, 11) is 0. The van der Waals surface area contributed by atoms with E-state index in [9.17, 15) is 0 Å². The molecule has 1 saturated heterocycles. The average Bonchev–Trinajstić information content (AvgIpc) is 2.52. The lowest BCUT2D eigenvalue weighted by atomic mass is 10.2. The zero-order valence-corrected chi connectivity index (χ0v) is 12.4. The van der Waals surface area contributed by atoms with Crippen LogP contribution in [0, 0.1) is 0 Å². The number of unbranched alkanes of at least 4 members (excludes halogenated alkanes) is 2. The van der Waals surface area contributed by atoms with E-state index in [-0.39, 0.29) is 0 Å². The molecule has 4 heteroatoms. The SMILES string of the molecule is CCCCCOc1ccc(CNN2CCOCC2)cc1. The lowest BCUT2D eigenvalue weighted by Crippen LogP contribution is -2.45. The molecule has 2 rings (SSSR count). The van der Waals surface area contributed by atoms with Gasteiger partial charge in [-0.1, -0.05) is 31.9 Å². The summed E-state index contributed by atoms with van der Waals surface area (Å²) in [6.45, 7) is 7.43. The monoisotopic (exact) mass is 278 g/mol. The molecule has 1 aromatic rings. The number of hydrogen-bond donors (Lipinski definition) is 1. The molecule has 0 bridgehead atoms. The fraction of sp³-hybridized carbons (Fsp3) is 0.625. The third-order valence-corrected chi connectivity index (χ3v) is 3.46. The van der Waals surface area contributed by atoms with E-state index in [1.165, 1.54) is 18.4 Å². The van der Waals surface area contributed by atoms with Crippen LogP contribution < -0.4 is 10.2 Å². The maximum atomic E-state index is 5.71. The minimum atomic E-state index is 0.817. The molecule has 1 aliphatic heterocycles. The summed E-state index contributed by atoms with van der Waals surface area (Å²) in [5, 5.41) is 2.22. The highest BCUT2D eigenvalue weighted by Crippen LogP contribution is 2.13. The summed E-state index contributed by atoms with van der Waals surface area (Å²) in [5.41, 5.74) is 4.71. The number of nitrogens with one attached hydrogen (secondary N) is 1. The molecule has 112 valence electrons. The number of hydrazine groups is 1. The van der Waals surface area contributed by atoms with Crippen molar-refractivity contribution in [2.45, 2.75) is 32.7 Å². The van der Waals surface area contributed by atoms with Crippen molar-refractivity contribution in [3.63, 3.8) is 0 Å². The van der Waals surface area contributed by atoms with Crippen LogP contribution in [0.4, 0.5) is 0 Å². The maximum absolute atomic E-state index is 5.71. The first kappa shape index (κ1) is 15.3. The van der Waals surface area contributed by atoms with Gasteiger partial charge in [0, 0.05) is 19.6 Å². The zero-order chi connectivity index (χ0) is 14.0. The summed E-state index contributed by atoms with van der Waals surface area (Å²) in [6, 6.07) is 8.37. The van der Waals surface area contributed by atoms with Crippen LogP contribution in [0.15, 0.2) is 24.3 Å². The molecule has 1 N–H and O–H groups in total. The van der Waals surface area contributed by atoms with Gasteiger partial charge in [-0.15, -0.1) is 0 Å². The molecule has 0 atom stereocenters. The first-order chi connectivity index (χ1) is 9.88. The van der Waals surface area contributed by atoms with Crippen molar-refractivity contribution in [2.24, 2.45) is 0 Å². The Morgan fingerprint density at radius 1 is 1.15 bits per heavy atom. The molecule has 1 heterocycles. The molecule has 0 saturated carbocycles. The Bertz CT molecular complexity index is 361. The molecule has 0 radical (unpaired) electrons. The largest absolute Gasteiger partial charge is 0.494 e. The van der Waals surface area contributed by atoms with Gasteiger partial charge in [-0.3, -0.25) is 5.43 Å². The Hall–Kier alpha value is -1.10. The van der Waals surface area contributed by atoms with Gasteiger partial charge in [0.1, 0.15) is 5.75 Å². The van der Waals surface area contributed by atoms with Gasteiger partial charge in [0.05, 0.1) is 19.8 Å². The third-order valence-electron chi connectivity index (χ3n) is 3.46. The topological polar surface area (TPSA) is 33.7 Å². The second-order valence-electron chi connectivity index (χ2n) is 5.13. The van der Waals surface area contributed by atoms with Gasteiger partial charge in [-0.25, -0.2) is 5.01 Å². The van der Waals surface area contributed by atoms with Gasteiger partial charge < -0.3 is 9.47 Å². The van der Waals surface area contributed by atoms with E-state index in [1.54, 1.807) is 0 Å². The van der Waals surface area contributed by atoms with Crippen LogP contribution in [0.2, 0.25) is 0 Å². The van der Waals surface area contributed by atoms with Gasteiger partial charge in [0.2, 0.25) is 0 Å². The molecular formula is C16H26N2O2. The van der Waals surface area contributed by atoms with Crippen molar-refractivity contribution >= 4 is 0 Å². The predicted molar refractivity (Wildman–Crippen MR) is 80.7 cm³/mol. The highest BCUT2D eigenvalue weighted by Gasteiger charge is 2.09. The maximum Gasteiger partial charge on any atom is 0.119 e. The summed E-state index contributed by atoms with van der Waals surface area (Å²) >= 11 is 0. The van der Waals surface area contributed by atoms with Crippen molar-refractivity contribution in [3.05, 3.63) is 29.8 Å². The van der Waals surface area contributed by atoms with E-state index in [1.807, 2.05) is 0 Å². The molecule has 1 aliphatic rings. The zero-order valence-electron chi connectivity index (χ0n) is 12.4. The molecule has 1 fully saturated rings. The molecule has 1 aromatic carbocycles.